The van der Waals surface area contributed by atoms with Gasteiger partial charge in [-0.25, -0.2) is 9.59 Å². The molecular weight excluding hydrogens is 200 g/mol. The molecule has 0 amide bonds. The molecular formula is C10H16O5. The van der Waals surface area contributed by atoms with E-state index >= 15 is 0 Å². The SMILES string of the molecule is CCOC(=O)C1(C(=O)OCC)OC[C@@H]1C. The fourth-order valence-corrected chi connectivity index (χ4v) is 1.50. The molecule has 1 rings (SSSR count). The molecule has 5 heteroatoms. The average molecular weight is 216 g/mol. The molecule has 0 aromatic carbocycles. The highest BCUT2D eigenvalue weighted by molar-refractivity contribution is 6.05. The maximum Gasteiger partial charge on any atom is 0.350 e. The van der Waals surface area contributed by atoms with Crippen molar-refractivity contribution in [3.63, 3.8) is 0 Å². The zero-order valence-corrected chi connectivity index (χ0v) is 9.24. The molecule has 1 fully saturated rings. The third kappa shape index (κ3) is 1.84. The van der Waals surface area contributed by atoms with Crippen molar-refractivity contribution in [2.24, 2.45) is 5.92 Å². The number of hydrogen-bond acceptors (Lipinski definition) is 5. The van der Waals surface area contributed by atoms with Gasteiger partial charge in [0.05, 0.1) is 19.8 Å². The van der Waals surface area contributed by atoms with E-state index in [1.54, 1.807) is 20.8 Å². The highest BCUT2D eigenvalue weighted by Crippen LogP contribution is 2.35. The van der Waals surface area contributed by atoms with Crippen molar-refractivity contribution in [3.8, 4) is 0 Å². The van der Waals surface area contributed by atoms with Crippen molar-refractivity contribution in [1.29, 1.82) is 0 Å². The lowest BCUT2D eigenvalue weighted by molar-refractivity contribution is -0.233. The summed E-state index contributed by atoms with van der Waals surface area (Å²) in [7, 11) is 0. The first-order chi connectivity index (χ1) is 7.09. The van der Waals surface area contributed by atoms with Gasteiger partial charge in [-0.2, -0.15) is 0 Å². The fourth-order valence-electron chi connectivity index (χ4n) is 1.50. The summed E-state index contributed by atoms with van der Waals surface area (Å²) < 4.78 is 14.8. The summed E-state index contributed by atoms with van der Waals surface area (Å²) >= 11 is 0. The van der Waals surface area contributed by atoms with Gasteiger partial charge in [0, 0.05) is 5.92 Å². The minimum absolute atomic E-state index is 0.199. The monoisotopic (exact) mass is 216 g/mol. The van der Waals surface area contributed by atoms with Gasteiger partial charge in [0.25, 0.3) is 5.60 Å². The van der Waals surface area contributed by atoms with Crippen LogP contribution in [0.15, 0.2) is 0 Å². The molecule has 1 atom stereocenters. The minimum Gasteiger partial charge on any atom is -0.463 e. The molecule has 0 N–H and O–H groups in total. The van der Waals surface area contributed by atoms with Crippen LogP contribution in [0.1, 0.15) is 20.8 Å². The van der Waals surface area contributed by atoms with Crippen LogP contribution in [0, 0.1) is 5.92 Å². The third-order valence-electron chi connectivity index (χ3n) is 2.41. The Morgan fingerprint density at radius 1 is 1.27 bits per heavy atom. The second-order valence-corrected chi connectivity index (χ2v) is 3.39. The van der Waals surface area contributed by atoms with Crippen molar-refractivity contribution in [2.45, 2.75) is 26.4 Å². The summed E-state index contributed by atoms with van der Waals surface area (Å²) in [4.78, 5) is 23.3. The number of hydrogen-bond donors (Lipinski definition) is 0. The molecule has 15 heavy (non-hydrogen) atoms. The number of carbonyl (C=O) groups excluding carboxylic acids is 2. The normalized spacial score (nSPS) is 22.7. The van der Waals surface area contributed by atoms with Gasteiger partial charge in [-0.1, -0.05) is 6.92 Å². The molecule has 1 saturated heterocycles. The molecule has 0 spiro atoms. The van der Waals surface area contributed by atoms with Crippen LogP contribution in [-0.4, -0.2) is 37.4 Å². The molecule has 86 valence electrons. The Morgan fingerprint density at radius 3 is 1.93 bits per heavy atom. The van der Waals surface area contributed by atoms with E-state index < -0.39 is 17.5 Å². The second kappa shape index (κ2) is 4.61. The number of ether oxygens (including phenoxy) is 3. The van der Waals surface area contributed by atoms with E-state index in [-0.39, 0.29) is 19.1 Å². The summed E-state index contributed by atoms with van der Waals surface area (Å²) in [5, 5.41) is 0. The molecule has 5 nitrogen and oxygen atoms in total. The van der Waals surface area contributed by atoms with Gasteiger partial charge in [0.1, 0.15) is 0 Å². The predicted octanol–water partition coefficient (Wildman–Crippen LogP) is 0.518. The molecule has 0 aliphatic carbocycles. The van der Waals surface area contributed by atoms with E-state index in [0.717, 1.165) is 0 Å². The van der Waals surface area contributed by atoms with Crippen LogP contribution in [0.4, 0.5) is 0 Å². The maximum atomic E-state index is 11.6. The molecule has 0 aromatic heterocycles. The molecule has 0 radical (unpaired) electrons. The fraction of sp³-hybridized carbons (Fsp3) is 0.800. The topological polar surface area (TPSA) is 61.8 Å². The average Bonchev–Trinajstić information content (AvgIpc) is 2.17. The van der Waals surface area contributed by atoms with Gasteiger partial charge in [-0.05, 0) is 13.8 Å². The standard InChI is InChI=1S/C10H16O5/c1-4-13-8(11)10(7(3)6-15-10)9(12)14-5-2/h7H,4-6H2,1-3H3/t7-/m0/s1. The summed E-state index contributed by atoms with van der Waals surface area (Å²) in [6, 6.07) is 0. The van der Waals surface area contributed by atoms with Crippen LogP contribution in [-0.2, 0) is 23.8 Å². The number of carbonyl (C=O) groups is 2. The second-order valence-electron chi connectivity index (χ2n) is 3.39. The van der Waals surface area contributed by atoms with E-state index in [4.69, 9.17) is 14.2 Å². The predicted molar refractivity (Wildman–Crippen MR) is 51.1 cm³/mol. The highest BCUT2D eigenvalue weighted by Gasteiger charge is 2.61. The van der Waals surface area contributed by atoms with Crippen molar-refractivity contribution >= 4 is 11.9 Å². The first kappa shape index (κ1) is 12.0. The molecule has 0 saturated carbocycles. The lowest BCUT2D eigenvalue weighted by atomic mass is 9.84. The van der Waals surface area contributed by atoms with E-state index in [1.807, 2.05) is 0 Å². The van der Waals surface area contributed by atoms with Crippen molar-refractivity contribution < 1.29 is 23.8 Å². The smallest absolute Gasteiger partial charge is 0.350 e. The number of esters is 2. The van der Waals surface area contributed by atoms with Crippen LogP contribution >= 0.6 is 0 Å². The van der Waals surface area contributed by atoms with Gasteiger partial charge in [-0.3, -0.25) is 0 Å². The lowest BCUT2D eigenvalue weighted by Gasteiger charge is -2.42. The zero-order chi connectivity index (χ0) is 11.5. The molecule has 1 aliphatic heterocycles. The zero-order valence-electron chi connectivity index (χ0n) is 9.24. The molecule has 0 unspecified atom stereocenters. The first-order valence-electron chi connectivity index (χ1n) is 5.08. The Hall–Kier alpha value is -1.10. The Kier molecular flexibility index (Phi) is 3.68. The molecule has 1 heterocycles. The Morgan fingerprint density at radius 2 is 1.73 bits per heavy atom. The first-order valence-corrected chi connectivity index (χ1v) is 5.08. The van der Waals surface area contributed by atoms with Gasteiger partial charge in [0.2, 0.25) is 0 Å². The van der Waals surface area contributed by atoms with Crippen LogP contribution < -0.4 is 0 Å². The van der Waals surface area contributed by atoms with E-state index in [9.17, 15) is 9.59 Å². The van der Waals surface area contributed by atoms with Crippen molar-refractivity contribution in [3.05, 3.63) is 0 Å². The van der Waals surface area contributed by atoms with Crippen LogP contribution in [0.2, 0.25) is 0 Å². The van der Waals surface area contributed by atoms with Gasteiger partial charge < -0.3 is 14.2 Å². The van der Waals surface area contributed by atoms with Crippen LogP contribution in [0.5, 0.6) is 0 Å². The summed E-state index contributed by atoms with van der Waals surface area (Å²) in [6.45, 7) is 5.93. The van der Waals surface area contributed by atoms with Gasteiger partial charge >= 0.3 is 11.9 Å². The summed E-state index contributed by atoms with van der Waals surface area (Å²) in [5.41, 5.74) is -1.52. The van der Waals surface area contributed by atoms with Gasteiger partial charge in [0.15, 0.2) is 0 Å². The van der Waals surface area contributed by atoms with Crippen LogP contribution in [0.25, 0.3) is 0 Å². The lowest BCUT2D eigenvalue weighted by Crippen LogP contribution is -2.64. The van der Waals surface area contributed by atoms with Crippen molar-refractivity contribution in [1.82, 2.24) is 0 Å². The van der Waals surface area contributed by atoms with Crippen LogP contribution in [0.3, 0.4) is 0 Å². The van der Waals surface area contributed by atoms with E-state index in [0.29, 0.717) is 6.61 Å². The minimum atomic E-state index is -1.52. The van der Waals surface area contributed by atoms with Crippen molar-refractivity contribution in [2.75, 3.05) is 19.8 Å². The molecule has 0 bridgehead atoms. The van der Waals surface area contributed by atoms with E-state index in [1.165, 1.54) is 0 Å². The largest absolute Gasteiger partial charge is 0.463 e. The maximum absolute atomic E-state index is 11.6. The van der Waals surface area contributed by atoms with E-state index in [2.05, 4.69) is 0 Å². The summed E-state index contributed by atoms with van der Waals surface area (Å²) in [6.07, 6.45) is 0. The third-order valence-corrected chi connectivity index (χ3v) is 2.41. The molecule has 1 aliphatic rings. The highest BCUT2D eigenvalue weighted by atomic mass is 16.6. The summed E-state index contributed by atoms with van der Waals surface area (Å²) in [5.74, 6) is -1.50. The quantitative estimate of drug-likeness (QED) is 0.506. The Labute approximate surface area is 88.7 Å². The molecule has 0 aromatic rings. The van der Waals surface area contributed by atoms with Gasteiger partial charge in [-0.15, -0.1) is 0 Å². The Balaban J connectivity index is 2.79. The Bertz CT molecular complexity index is 243. The number of rotatable bonds is 4.